The lowest BCUT2D eigenvalue weighted by molar-refractivity contribution is 0.0464. The summed E-state index contributed by atoms with van der Waals surface area (Å²) in [4.78, 5) is 48.1. The lowest BCUT2D eigenvalue weighted by Gasteiger charge is -2.18. The van der Waals surface area contributed by atoms with Crippen molar-refractivity contribution in [2.45, 2.75) is 13.2 Å². The van der Waals surface area contributed by atoms with Gasteiger partial charge < -0.3 is 18.6 Å². The molecule has 0 aliphatic heterocycles. The maximum atomic E-state index is 13.9. The summed E-state index contributed by atoms with van der Waals surface area (Å²) < 4.78 is 16.1. The van der Waals surface area contributed by atoms with Gasteiger partial charge in [0.1, 0.15) is 13.2 Å². The van der Waals surface area contributed by atoms with Gasteiger partial charge in [0.25, 0.3) is 0 Å². The Kier molecular flexibility index (Phi) is 14.9. The van der Waals surface area contributed by atoms with Crippen molar-refractivity contribution in [2.75, 3.05) is 0 Å². The third-order valence-corrected chi connectivity index (χ3v) is 17.0. The molecule has 12 aromatic carbocycles. The predicted octanol–water partition coefficient (Wildman–Crippen LogP) is 19.1. The molecule has 0 radical (unpaired) electrons. The highest BCUT2D eigenvalue weighted by Gasteiger charge is 2.25. The van der Waals surface area contributed by atoms with Crippen molar-refractivity contribution in [3.63, 3.8) is 0 Å². The highest BCUT2D eigenvalue weighted by Crippen LogP contribution is 2.42. The minimum absolute atomic E-state index is 0.123. The molecule has 15 rings (SSSR count). The number of carbonyl (C=O) groups is 2. The Bertz CT molecular complexity index is 5330. The van der Waals surface area contributed by atoms with Crippen molar-refractivity contribution >= 4 is 61.2 Å². The summed E-state index contributed by atoms with van der Waals surface area (Å²) in [6.45, 7) is 7.88. The summed E-state index contributed by atoms with van der Waals surface area (Å²) in [5, 5.41) is 23.2. The van der Waals surface area contributed by atoms with Crippen LogP contribution in [0.1, 0.15) is 43.0 Å². The average molecular weight is 1210 g/mol. The molecule has 3 heterocycles. The zero-order valence-electron chi connectivity index (χ0n) is 50.2. The minimum Gasteiger partial charge on any atom is -0.457 e. The highest BCUT2D eigenvalue weighted by molar-refractivity contribution is 6.13. The second-order valence-corrected chi connectivity index (χ2v) is 22.7. The lowest BCUT2D eigenvalue weighted by atomic mass is 9.99. The summed E-state index contributed by atoms with van der Waals surface area (Å²) in [6.07, 6.45) is 0. The van der Waals surface area contributed by atoms with Gasteiger partial charge in [-0.2, -0.15) is 10.5 Å². The Hall–Kier alpha value is -13.3. The lowest BCUT2D eigenvalue weighted by Crippen LogP contribution is -2.07. The van der Waals surface area contributed by atoms with Crippen molar-refractivity contribution in [1.29, 1.82) is 10.5 Å². The van der Waals surface area contributed by atoms with Crippen LogP contribution in [-0.2, 0) is 22.7 Å². The number of carbonyl (C=O) groups excluding carboxylic acids is 2. The first-order chi connectivity index (χ1) is 46.2. The van der Waals surface area contributed by atoms with E-state index in [0.717, 1.165) is 99.5 Å². The van der Waals surface area contributed by atoms with Crippen LogP contribution in [-0.4, -0.2) is 36.0 Å². The SMILES string of the molecule is [C-]#[N+]c1ccc(-c2cccc(-c3nc(-c4ccc(-c5ccc(C#N)cc5)cc4-n4c5ccccc5c5cc(C(=O)OCc6ccccc6)ccc54)nc(-c4ccc(-c5ccc(C#N)cc5)cc4-n4c5ccccc5c5cc(C(=O)OCc6ccccc6)ccc54)n3)c2)cc1. The first kappa shape index (κ1) is 57.1. The second kappa shape index (κ2) is 24.6. The molecule has 0 amide bonds. The topological polar surface area (TPSA) is 153 Å². The summed E-state index contributed by atoms with van der Waals surface area (Å²) in [7, 11) is 0. The summed E-state index contributed by atoms with van der Waals surface area (Å²) in [6, 6.07) is 94.0. The van der Waals surface area contributed by atoms with Crippen molar-refractivity contribution < 1.29 is 19.1 Å². The van der Waals surface area contributed by atoms with E-state index < -0.39 is 11.9 Å². The molecule has 15 aromatic rings. The molecular weight excluding hydrogens is 1160 g/mol. The number of nitrogens with zero attached hydrogens (tertiary/aromatic N) is 8. The van der Waals surface area contributed by atoms with E-state index in [-0.39, 0.29) is 13.2 Å². The molecule has 0 fully saturated rings. The predicted molar refractivity (Wildman–Crippen MR) is 368 cm³/mol. The van der Waals surface area contributed by atoms with E-state index in [4.69, 9.17) is 31.0 Å². The van der Waals surface area contributed by atoms with Gasteiger partial charge in [0.15, 0.2) is 23.2 Å². The average Bonchev–Trinajstić information content (AvgIpc) is 1.56. The van der Waals surface area contributed by atoms with E-state index in [2.05, 4.69) is 62.5 Å². The molecule has 442 valence electrons. The van der Waals surface area contributed by atoms with Crippen LogP contribution in [0.25, 0.3) is 127 Å². The number of hydrogen-bond donors (Lipinski definition) is 0. The quantitative estimate of drug-likeness (QED) is 0.0765. The fraction of sp³-hybridized carbons (Fsp3) is 0.0244. The van der Waals surface area contributed by atoms with Crippen LogP contribution < -0.4 is 0 Å². The maximum Gasteiger partial charge on any atom is 0.338 e. The normalized spacial score (nSPS) is 11.1. The van der Waals surface area contributed by atoms with E-state index in [1.165, 1.54) is 0 Å². The molecule has 0 saturated heterocycles. The highest BCUT2D eigenvalue weighted by atomic mass is 16.5. The molecule has 0 aliphatic carbocycles. The molecule has 0 aliphatic rings. The van der Waals surface area contributed by atoms with Crippen molar-refractivity contribution in [3.8, 4) is 91.1 Å². The van der Waals surface area contributed by atoms with E-state index in [1.54, 1.807) is 48.5 Å². The van der Waals surface area contributed by atoms with Crippen molar-refractivity contribution in [1.82, 2.24) is 24.1 Å². The third kappa shape index (κ3) is 10.9. The van der Waals surface area contributed by atoms with Crippen LogP contribution in [0.4, 0.5) is 5.69 Å². The van der Waals surface area contributed by atoms with Gasteiger partial charge in [0.2, 0.25) is 0 Å². The number of para-hydroxylation sites is 2. The summed E-state index contributed by atoms with van der Waals surface area (Å²) >= 11 is 0. The molecular formula is C82H50N8O4. The first-order valence-electron chi connectivity index (χ1n) is 30.4. The maximum absolute atomic E-state index is 13.9. The molecule has 0 N–H and O–H groups in total. The number of hydrogen-bond acceptors (Lipinski definition) is 9. The number of aromatic nitrogens is 5. The van der Waals surface area contributed by atoms with Crippen LogP contribution in [0, 0.1) is 29.2 Å². The fourth-order valence-electron chi connectivity index (χ4n) is 12.3. The Morgan fingerprint density at radius 1 is 0.372 bits per heavy atom. The molecule has 3 aromatic heterocycles. The Morgan fingerprint density at radius 2 is 0.766 bits per heavy atom. The Balaban J connectivity index is 0.966. The van der Waals surface area contributed by atoms with Crippen LogP contribution in [0.3, 0.4) is 0 Å². The molecule has 0 bridgehead atoms. The number of nitriles is 2. The molecule has 12 heteroatoms. The van der Waals surface area contributed by atoms with Crippen LogP contribution >= 0.6 is 0 Å². The molecule has 0 atom stereocenters. The third-order valence-electron chi connectivity index (χ3n) is 17.0. The van der Waals surface area contributed by atoms with E-state index >= 15 is 0 Å². The van der Waals surface area contributed by atoms with E-state index in [0.29, 0.717) is 62.1 Å². The van der Waals surface area contributed by atoms with Gasteiger partial charge >= 0.3 is 11.9 Å². The van der Waals surface area contributed by atoms with Gasteiger partial charge in [-0.15, -0.1) is 0 Å². The van der Waals surface area contributed by atoms with Crippen LogP contribution in [0.2, 0.25) is 0 Å². The number of rotatable bonds is 14. The van der Waals surface area contributed by atoms with Gasteiger partial charge in [0.05, 0.1) is 74.4 Å². The summed E-state index contributed by atoms with van der Waals surface area (Å²) in [5.41, 5.74) is 16.2. The fourth-order valence-corrected chi connectivity index (χ4v) is 12.3. The monoisotopic (exact) mass is 1210 g/mol. The number of ether oxygens (including phenoxy) is 2. The molecule has 12 nitrogen and oxygen atoms in total. The van der Waals surface area contributed by atoms with E-state index in [1.807, 2.05) is 194 Å². The number of esters is 2. The first-order valence-corrected chi connectivity index (χ1v) is 30.4. The Labute approximate surface area is 540 Å². The van der Waals surface area contributed by atoms with Gasteiger partial charge in [-0.1, -0.05) is 176 Å². The van der Waals surface area contributed by atoms with Crippen molar-refractivity contribution in [2.24, 2.45) is 0 Å². The standard InChI is InChI=1S/C82H50N8O4/c1-85-65-37-31-58(32-38-65)59-17-12-18-62(43-59)78-86-79(68-39-33-60(56-27-23-52(48-83)24-28-56)46-76(68)89-72-21-10-8-19-66(72)70-44-63(35-41-74(70)89)81(91)93-50-54-13-4-2-5-14-54)88-80(87-78)69-40-34-61(57-29-25-53(49-84)26-30-57)47-77(69)90-73-22-11-9-20-67(73)71-45-64(36-42-75(71)90)82(92)94-51-55-15-6-3-7-16-55/h2-47H,50-51H2. The largest absolute Gasteiger partial charge is 0.457 e. The van der Waals surface area contributed by atoms with Crippen molar-refractivity contribution in [3.05, 3.63) is 324 Å². The number of benzene rings is 12. The second-order valence-electron chi connectivity index (χ2n) is 22.7. The summed E-state index contributed by atoms with van der Waals surface area (Å²) in [5.74, 6) is 0.182. The van der Waals surface area contributed by atoms with Gasteiger partial charge in [-0.3, -0.25) is 0 Å². The van der Waals surface area contributed by atoms with Crippen LogP contribution in [0.15, 0.2) is 279 Å². The minimum atomic E-state index is -0.449. The molecule has 0 spiro atoms. The van der Waals surface area contributed by atoms with Gasteiger partial charge in [-0.05, 0) is 148 Å². The Morgan fingerprint density at radius 3 is 1.22 bits per heavy atom. The van der Waals surface area contributed by atoms with Gasteiger partial charge in [0, 0.05) is 38.2 Å². The zero-order valence-corrected chi connectivity index (χ0v) is 50.2. The molecule has 94 heavy (non-hydrogen) atoms. The molecule has 0 unspecified atom stereocenters. The van der Waals surface area contributed by atoms with Gasteiger partial charge in [-0.25, -0.2) is 29.4 Å². The van der Waals surface area contributed by atoms with Crippen LogP contribution in [0.5, 0.6) is 0 Å². The van der Waals surface area contributed by atoms with E-state index in [9.17, 15) is 20.1 Å². The number of fused-ring (bicyclic) bond motifs is 6. The smallest absolute Gasteiger partial charge is 0.338 e. The molecule has 0 saturated carbocycles. The zero-order chi connectivity index (χ0) is 63.7.